The second-order valence-corrected chi connectivity index (χ2v) is 7.89. The summed E-state index contributed by atoms with van der Waals surface area (Å²) in [6, 6.07) is 15.1. The lowest BCUT2D eigenvalue weighted by Gasteiger charge is -2.35. The van der Waals surface area contributed by atoms with Crippen LogP contribution in [0, 0.1) is 12.7 Å². The van der Waals surface area contributed by atoms with Crippen LogP contribution in [0.15, 0.2) is 53.5 Å². The van der Waals surface area contributed by atoms with Gasteiger partial charge in [0, 0.05) is 39.8 Å². The van der Waals surface area contributed by atoms with Crippen molar-refractivity contribution < 1.29 is 9.13 Å². The predicted molar refractivity (Wildman–Crippen MR) is 125 cm³/mol. The largest absolute Gasteiger partial charge is 0.379 e. The molecule has 0 aliphatic carbocycles. The van der Waals surface area contributed by atoms with Crippen molar-refractivity contribution in [1.29, 1.82) is 0 Å². The van der Waals surface area contributed by atoms with Gasteiger partial charge >= 0.3 is 0 Å². The molecular formula is C24H31FN6O. The molecule has 2 aromatic carbocycles. The van der Waals surface area contributed by atoms with Crippen LogP contribution in [0.25, 0.3) is 11.0 Å². The van der Waals surface area contributed by atoms with E-state index in [9.17, 15) is 4.39 Å². The molecule has 0 spiro atoms. The first-order chi connectivity index (χ1) is 15.7. The SMILES string of the molecule is CN=C(NCCn1c(C)nc2ccccc21)NCC(c1ccc(F)cc1)N1CCOCC1. The predicted octanol–water partition coefficient (Wildman–Crippen LogP) is 2.72. The first-order valence-corrected chi connectivity index (χ1v) is 11.1. The molecule has 1 fully saturated rings. The van der Waals surface area contributed by atoms with Crippen LogP contribution in [0.4, 0.5) is 4.39 Å². The first kappa shape index (κ1) is 22.2. The van der Waals surface area contributed by atoms with Crippen molar-refractivity contribution in [2.45, 2.75) is 19.5 Å². The van der Waals surface area contributed by atoms with Crippen LogP contribution in [0.3, 0.4) is 0 Å². The highest BCUT2D eigenvalue weighted by Gasteiger charge is 2.23. The minimum absolute atomic E-state index is 0.109. The molecule has 3 aromatic rings. The van der Waals surface area contributed by atoms with Gasteiger partial charge in [0.25, 0.3) is 0 Å². The number of halogens is 1. The van der Waals surface area contributed by atoms with E-state index in [1.807, 2.05) is 37.3 Å². The van der Waals surface area contributed by atoms with Crippen LogP contribution >= 0.6 is 0 Å². The maximum Gasteiger partial charge on any atom is 0.191 e. The van der Waals surface area contributed by atoms with Gasteiger partial charge in [0.1, 0.15) is 11.6 Å². The normalized spacial score (nSPS) is 16.3. The average Bonchev–Trinajstić information content (AvgIpc) is 3.14. The van der Waals surface area contributed by atoms with E-state index in [2.05, 4.69) is 36.1 Å². The molecule has 7 nitrogen and oxygen atoms in total. The molecule has 1 atom stereocenters. The minimum atomic E-state index is -0.220. The van der Waals surface area contributed by atoms with Crippen LogP contribution in [0.1, 0.15) is 17.4 Å². The number of morpholine rings is 1. The number of para-hydroxylation sites is 2. The zero-order valence-electron chi connectivity index (χ0n) is 18.7. The monoisotopic (exact) mass is 438 g/mol. The standard InChI is InChI=1S/C24H31FN6O/c1-18-29-21-5-3-4-6-22(21)31(18)12-11-27-24(26-2)28-17-23(30-13-15-32-16-14-30)19-7-9-20(25)10-8-19/h3-10,23H,11-17H2,1-2H3,(H2,26,27,28). The van der Waals surface area contributed by atoms with Crippen LogP contribution < -0.4 is 10.6 Å². The Kier molecular flexibility index (Phi) is 7.34. The third-order valence-corrected chi connectivity index (χ3v) is 5.90. The summed E-state index contributed by atoms with van der Waals surface area (Å²) in [4.78, 5) is 11.4. The summed E-state index contributed by atoms with van der Waals surface area (Å²) in [6.45, 7) is 7.33. The molecule has 0 radical (unpaired) electrons. The van der Waals surface area contributed by atoms with Gasteiger partial charge < -0.3 is 19.9 Å². The van der Waals surface area contributed by atoms with Crippen LogP contribution in [0.5, 0.6) is 0 Å². The Labute approximate surface area is 188 Å². The lowest BCUT2D eigenvalue weighted by atomic mass is 10.0. The molecule has 1 unspecified atom stereocenters. The number of guanidine groups is 1. The molecule has 0 saturated carbocycles. The molecule has 1 saturated heterocycles. The van der Waals surface area contributed by atoms with Crippen molar-refractivity contribution in [3.8, 4) is 0 Å². The fourth-order valence-electron chi connectivity index (χ4n) is 4.21. The highest BCUT2D eigenvalue weighted by Crippen LogP contribution is 2.21. The van der Waals surface area contributed by atoms with E-state index < -0.39 is 0 Å². The highest BCUT2D eigenvalue weighted by molar-refractivity contribution is 5.79. The first-order valence-electron chi connectivity index (χ1n) is 11.1. The fraction of sp³-hybridized carbons (Fsp3) is 0.417. The van der Waals surface area contributed by atoms with E-state index in [0.717, 1.165) is 54.6 Å². The van der Waals surface area contributed by atoms with Gasteiger partial charge in [-0.05, 0) is 36.8 Å². The number of hydrogen-bond acceptors (Lipinski definition) is 4. The summed E-state index contributed by atoms with van der Waals surface area (Å²) in [6.07, 6.45) is 0. The molecule has 32 heavy (non-hydrogen) atoms. The minimum Gasteiger partial charge on any atom is -0.379 e. The molecule has 1 aliphatic rings. The molecule has 1 aliphatic heterocycles. The smallest absolute Gasteiger partial charge is 0.191 e. The van der Waals surface area contributed by atoms with Crippen molar-refractivity contribution in [1.82, 2.24) is 25.1 Å². The molecule has 2 heterocycles. The van der Waals surface area contributed by atoms with E-state index in [4.69, 9.17) is 4.74 Å². The maximum atomic E-state index is 13.5. The van der Waals surface area contributed by atoms with Crippen molar-refractivity contribution >= 4 is 17.0 Å². The quantitative estimate of drug-likeness (QED) is 0.439. The number of nitrogens with one attached hydrogen (secondary N) is 2. The summed E-state index contributed by atoms with van der Waals surface area (Å²) >= 11 is 0. The molecule has 0 bridgehead atoms. The van der Waals surface area contributed by atoms with Gasteiger partial charge in [-0.25, -0.2) is 9.37 Å². The molecule has 1 aromatic heterocycles. The van der Waals surface area contributed by atoms with Gasteiger partial charge in [0.05, 0.1) is 30.3 Å². The number of fused-ring (bicyclic) bond motifs is 1. The number of imidazole rings is 1. The number of ether oxygens (including phenoxy) is 1. The van der Waals surface area contributed by atoms with Gasteiger partial charge in [-0.15, -0.1) is 0 Å². The van der Waals surface area contributed by atoms with E-state index in [-0.39, 0.29) is 11.9 Å². The summed E-state index contributed by atoms with van der Waals surface area (Å²) in [5.74, 6) is 1.52. The van der Waals surface area contributed by atoms with E-state index >= 15 is 0 Å². The van der Waals surface area contributed by atoms with E-state index in [0.29, 0.717) is 19.8 Å². The lowest BCUT2D eigenvalue weighted by Crippen LogP contribution is -2.46. The van der Waals surface area contributed by atoms with Gasteiger partial charge in [0.2, 0.25) is 0 Å². The number of aliphatic imine (C=N–C) groups is 1. The topological polar surface area (TPSA) is 66.7 Å². The molecule has 4 rings (SSSR count). The summed E-state index contributed by atoms with van der Waals surface area (Å²) in [5, 5.41) is 6.86. The lowest BCUT2D eigenvalue weighted by molar-refractivity contribution is 0.0170. The van der Waals surface area contributed by atoms with Crippen LogP contribution in [-0.4, -0.2) is 66.9 Å². The van der Waals surface area contributed by atoms with Crippen molar-refractivity contribution in [2.75, 3.05) is 46.4 Å². The highest BCUT2D eigenvalue weighted by atomic mass is 19.1. The second kappa shape index (κ2) is 10.6. The molecule has 2 N–H and O–H groups in total. The molecule has 0 amide bonds. The average molecular weight is 439 g/mol. The van der Waals surface area contributed by atoms with Crippen molar-refractivity contribution in [2.24, 2.45) is 4.99 Å². The van der Waals surface area contributed by atoms with Gasteiger partial charge in [-0.1, -0.05) is 24.3 Å². The number of rotatable bonds is 7. The van der Waals surface area contributed by atoms with Gasteiger partial charge in [-0.2, -0.15) is 0 Å². The van der Waals surface area contributed by atoms with Gasteiger partial charge in [0.15, 0.2) is 5.96 Å². The molecule has 170 valence electrons. The van der Waals surface area contributed by atoms with E-state index in [1.165, 1.54) is 12.1 Å². The Hall–Kier alpha value is -2.97. The Morgan fingerprint density at radius 3 is 2.62 bits per heavy atom. The third kappa shape index (κ3) is 5.26. The third-order valence-electron chi connectivity index (χ3n) is 5.90. The zero-order valence-corrected chi connectivity index (χ0v) is 18.7. The van der Waals surface area contributed by atoms with Crippen molar-refractivity contribution in [3.63, 3.8) is 0 Å². The second-order valence-electron chi connectivity index (χ2n) is 7.89. The summed E-state index contributed by atoms with van der Waals surface area (Å²) < 4.78 is 21.2. The Morgan fingerprint density at radius 1 is 1.12 bits per heavy atom. The van der Waals surface area contributed by atoms with Crippen LogP contribution in [0.2, 0.25) is 0 Å². The number of hydrogen-bond donors (Lipinski definition) is 2. The van der Waals surface area contributed by atoms with Gasteiger partial charge in [-0.3, -0.25) is 9.89 Å². The zero-order chi connectivity index (χ0) is 22.3. The Morgan fingerprint density at radius 2 is 1.88 bits per heavy atom. The van der Waals surface area contributed by atoms with Crippen LogP contribution in [-0.2, 0) is 11.3 Å². The van der Waals surface area contributed by atoms with Crippen molar-refractivity contribution in [3.05, 3.63) is 65.7 Å². The van der Waals surface area contributed by atoms with E-state index in [1.54, 1.807) is 7.05 Å². The molecule has 8 heteroatoms. The summed E-state index contributed by atoms with van der Waals surface area (Å²) in [5.41, 5.74) is 3.23. The Bertz CT molecular complexity index is 1040. The maximum absolute atomic E-state index is 13.5. The number of aromatic nitrogens is 2. The number of benzene rings is 2. The number of aryl methyl sites for hydroxylation is 1. The number of nitrogens with zero attached hydrogens (tertiary/aromatic N) is 4. The summed E-state index contributed by atoms with van der Waals surface area (Å²) in [7, 11) is 1.77. The fourth-order valence-corrected chi connectivity index (χ4v) is 4.21. The molecular weight excluding hydrogens is 407 g/mol. The Balaban J connectivity index is 1.37.